The number of hydrogen-bond acceptors (Lipinski definition) is 3. The highest BCUT2D eigenvalue weighted by Gasteiger charge is 2.43. The standard InChI is InChI=1S/C13H16BrNO3S/c1-13(7-8-19(17,18)9-13)15(2)12(16)10-3-5-11(14)6-4-10/h3-6H,7-9H2,1-2H3. The highest BCUT2D eigenvalue weighted by molar-refractivity contribution is 9.10. The van der Waals surface area contributed by atoms with Crippen LogP contribution in [-0.2, 0) is 9.84 Å². The predicted octanol–water partition coefficient (Wildman–Crippen LogP) is 2.10. The SMILES string of the molecule is CN(C(=O)c1ccc(Br)cc1)C1(C)CCS(=O)(=O)C1. The first-order valence-electron chi connectivity index (χ1n) is 5.98. The Balaban J connectivity index is 2.22. The van der Waals surface area contributed by atoms with Crippen molar-refractivity contribution >= 4 is 31.7 Å². The normalized spacial score (nSPS) is 25.2. The fourth-order valence-corrected chi connectivity index (χ4v) is 4.73. The van der Waals surface area contributed by atoms with Crippen molar-refractivity contribution in [2.24, 2.45) is 0 Å². The van der Waals surface area contributed by atoms with Gasteiger partial charge < -0.3 is 4.90 Å². The number of amides is 1. The van der Waals surface area contributed by atoms with E-state index in [4.69, 9.17) is 0 Å². The van der Waals surface area contributed by atoms with Crippen LogP contribution in [0, 0.1) is 0 Å². The maximum atomic E-state index is 12.4. The van der Waals surface area contributed by atoms with E-state index in [0.29, 0.717) is 12.0 Å². The summed E-state index contributed by atoms with van der Waals surface area (Å²) in [5, 5.41) is 0. The van der Waals surface area contributed by atoms with Crippen LogP contribution in [0.4, 0.5) is 0 Å². The molecule has 1 aliphatic rings. The molecule has 0 N–H and O–H groups in total. The molecule has 6 heteroatoms. The van der Waals surface area contributed by atoms with Crippen molar-refractivity contribution in [3.63, 3.8) is 0 Å². The quantitative estimate of drug-likeness (QED) is 0.824. The first kappa shape index (κ1) is 14.5. The summed E-state index contributed by atoms with van der Waals surface area (Å²) in [6.07, 6.45) is 0.494. The van der Waals surface area contributed by atoms with Crippen LogP contribution in [0.2, 0.25) is 0 Å². The van der Waals surface area contributed by atoms with Crippen LogP contribution < -0.4 is 0 Å². The summed E-state index contributed by atoms with van der Waals surface area (Å²) in [5.41, 5.74) is -0.0422. The first-order valence-corrected chi connectivity index (χ1v) is 8.59. The van der Waals surface area contributed by atoms with Crippen LogP contribution in [0.25, 0.3) is 0 Å². The van der Waals surface area contributed by atoms with Crippen molar-refractivity contribution < 1.29 is 13.2 Å². The molecule has 0 spiro atoms. The second kappa shape index (κ2) is 4.90. The molecular weight excluding hydrogens is 330 g/mol. The summed E-state index contributed by atoms with van der Waals surface area (Å²) in [6, 6.07) is 7.06. The van der Waals surface area contributed by atoms with Crippen LogP contribution in [0.1, 0.15) is 23.7 Å². The van der Waals surface area contributed by atoms with Gasteiger partial charge in [-0.05, 0) is 37.6 Å². The smallest absolute Gasteiger partial charge is 0.254 e. The molecule has 1 amide bonds. The largest absolute Gasteiger partial charge is 0.335 e. The van der Waals surface area contributed by atoms with Crippen molar-refractivity contribution in [1.82, 2.24) is 4.90 Å². The molecule has 0 aliphatic carbocycles. The Labute approximate surface area is 121 Å². The van der Waals surface area contributed by atoms with Gasteiger partial charge in [0.2, 0.25) is 0 Å². The van der Waals surface area contributed by atoms with E-state index in [0.717, 1.165) is 4.47 Å². The zero-order valence-electron chi connectivity index (χ0n) is 10.9. The van der Waals surface area contributed by atoms with Gasteiger partial charge in [-0.25, -0.2) is 8.42 Å². The van der Waals surface area contributed by atoms with E-state index in [1.165, 1.54) is 0 Å². The van der Waals surface area contributed by atoms with Gasteiger partial charge in [-0.2, -0.15) is 0 Å². The molecular formula is C13H16BrNO3S. The minimum atomic E-state index is -3.02. The molecule has 1 aliphatic heterocycles. The zero-order valence-corrected chi connectivity index (χ0v) is 13.3. The van der Waals surface area contributed by atoms with Crippen molar-refractivity contribution in [3.8, 4) is 0 Å². The Hall–Kier alpha value is -0.880. The van der Waals surface area contributed by atoms with Gasteiger partial charge in [0.05, 0.1) is 17.0 Å². The van der Waals surface area contributed by atoms with Crippen LogP contribution in [0.5, 0.6) is 0 Å². The van der Waals surface area contributed by atoms with Gasteiger partial charge in [0.15, 0.2) is 9.84 Å². The topological polar surface area (TPSA) is 54.5 Å². The molecule has 1 heterocycles. The van der Waals surface area contributed by atoms with E-state index in [9.17, 15) is 13.2 Å². The molecule has 19 heavy (non-hydrogen) atoms. The fraction of sp³-hybridized carbons (Fsp3) is 0.462. The number of benzene rings is 1. The Morgan fingerprint density at radius 1 is 1.32 bits per heavy atom. The van der Waals surface area contributed by atoms with Gasteiger partial charge in [0.1, 0.15) is 0 Å². The number of carbonyl (C=O) groups excluding carboxylic acids is 1. The van der Waals surface area contributed by atoms with Crippen molar-refractivity contribution in [2.45, 2.75) is 18.9 Å². The third kappa shape index (κ3) is 3.00. The Kier molecular flexibility index (Phi) is 3.75. The van der Waals surface area contributed by atoms with Gasteiger partial charge in [-0.3, -0.25) is 4.79 Å². The molecule has 0 radical (unpaired) electrons. The molecule has 0 bridgehead atoms. The minimum absolute atomic E-state index is 0.0404. The lowest BCUT2D eigenvalue weighted by atomic mass is 9.99. The number of nitrogens with zero attached hydrogens (tertiary/aromatic N) is 1. The molecule has 1 fully saturated rings. The number of hydrogen-bond donors (Lipinski definition) is 0. The van der Waals surface area contributed by atoms with E-state index >= 15 is 0 Å². The summed E-state index contributed by atoms with van der Waals surface area (Å²) >= 11 is 3.32. The number of rotatable bonds is 2. The summed E-state index contributed by atoms with van der Waals surface area (Å²) in [7, 11) is -1.35. The average Bonchev–Trinajstić information content (AvgIpc) is 2.64. The van der Waals surface area contributed by atoms with Crippen LogP contribution >= 0.6 is 15.9 Å². The first-order chi connectivity index (χ1) is 8.73. The zero-order chi connectivity index (χ0) is 14.3. The van der Waals surface area contributed by atoms with E-state index in [1.54, 1.807) is 36.2 Å². The van der Waals surface area contributed by atoms with E-state index < -0.39 is 15.4 Å². The molecule has 1 saturated heterocycles. The van der Waals surface area contributed by atoms with Crippen molar-refractivity contribution in [2.75, 3.05) is 18.6 Å². The second-order valence-corrected chi connectivity index (χ2v) is 8.31. The molecule has 4 nitrogen and oxygen atoms in total. The molecule has 1 aromatic rings. The molecule has 2 rings (SSSR count). The third-order valence-electron chi connectivity index (χ3n) is 3.69. The molecule has 1 aromatic carbocycles. The van der Waals surface area contributed by atoms with Gasteiger partial charge in [-0.15, -0.1) is 0 Å². The summed E-state index contributed by atoms with van der Waals surface area (Å²) in [5.74, 6) is 0.0485. The van der Waals surface area contributed by atoms with E-state index in [-0.39, 0.29) is 17.4 Å². The van der Waals surface area contributed by atoms with E-state index in [1.807, 2.05) is 6.92 Å². The Bertz CT molecular complexity index is 597. The second-order valence-electron chi connectivity index (χ2n) is 5.21. The lowest BCUT2D eigenvalue weighted by Gasteiger charge is -2.34. The summed E-state index contributed by atoms with van der Waals surface area (Å²) in [4.78, 5) is 13.9. The van der Waals surface area contributed by atoms with Crippen LogP contribution in [-0.4, -0.2) is 43.3 Å². The van der Waals surface area contributed by atoms with Crippen molar-refractivity contribution in [3.05, 3.63) is 34.3 Å². The van der Waals surface area contributed by atoms with Gasteiger partial charge in [-0.1, -0.05) is 15.9 Å². The maximum Gasteiger partial charge on any atom is 0.254 e. The Morgan fingerprint density at radius 3 is 2.37 bits per heavy atom. The predicted molar refractivity (Wildman–Crippen MR) is 77.9 cm³/mol. The average molecular weight is 346 g/mol. The minimum Gasteiger partial charge on any atom is -0.335 e. The Morgan fingerprint density at radius 2 is 1.89 bits per heavy atom. The van der Waals surface area contributed by atoms with E-state index in [2.05, 4.69) is 15.9 Å². The fourth-order valence-electron chi connectivity index (χ4n) is 2.29. The monoisotopic (exact) mass is 345 g/mol. The molecule has 1 atom stereocenters. The van der Waals surface area contributed by atoms with Crippen LogP contribution in [0.3, 0.4) is 0 Å². The molecule has 0 saturated carbocycles. The lowest BCUT2D eigenvalue weighted by molar-refractivity contribution is 0.0638. The van der Waals surface area contributed by atoms with Gasteiger partial charge >= 0.3 is 0 Å². The molecule has 0 aromatic heterocycles. The van der Waals surface area contributed by atoms with Crippen molar-refractivity contribution in [1.29, 1.82) is 0 Å². The lowest BCUT2D eigenvalue weighted by Crippen LogP contribution is -2.48. The maximum absolute atomic E-state index is 12.4. The molecule has 104 valence electrons. The number of sulfone groups is 1. The highest BCUT2D eigenvalue weighted by Crippen LogP contribution is 2.29. The summed E-state index contributed by atoms with van der Waals surface area (Å²) < 4.78 is 24.1. The highest BCUT2D eigenvalue weighted by atomic mass is 79.9. The van der Waals surface area contributed by atoms with Gasteiger partial charge in [0.25, 0.3) is 5.91 Å². The number of halogens is 1. The van der Waals surface area contributed by atoms with Crippen LogP contribution in [0.15, 0.2) is 28.7 Å². The number of carbonyl (C=O) groups is 1. The van der Waals surface area contributed by atoms with Gasteiger partial charge in [0, 0.05) is 17.1 Å². The summed E-state index contributed by atoms with van der Waals surface area (Å²) in [6.45, 7) is 1.83. The third-order valence-corrected chi connectivity index (χ3v) is 6.10. The molecule has 1 unspecified atom stereocenters.